The van der Waals surface area contributed by atoms with Crippen LogP contribution in [-0.4, -0.2) is 11.8 Å². The van der Waals surface area contributed by atoms with Crippen molar-refractivity contribution in [2.75, 3.05) is 0 Å². The van der Waals surface area contributed by atoms with Gasteiger partial charge in [0.15, 0.2) is 5.78 Å². The molecule has 0 saturated heterocycles. The van der Waals surface area contributed by atoms with Crippen molar-refractivity contribution < 1.29 is 4.79 Å². The van der Waals surface area contributed by atoms with Gasteiger partial charge in [-0.15, -0.1) is 0 Å². The summed E-state index contributed by atoms with van der Waals surface area (Å²) >= 11 is 0. The Bertz CT molecular complexity index is 253. The fourth-order valence-electron chi connectivity index (χ4n) is 1.50. The summed E-state index contributed by atoms with van der Waals surface area (Å²) in [6.45, 7) is 20.7. The maximum Gasteiger partial charge on any atom is 0.154 e. The zero-order valence-electron chi connectivity index (χ0n) is 14.3. The summed E-state index contributed by atoms with van der Waals surface area (Å²) in [5.74, 6) is 0.157. The van der Waals surface area contributed by atoms with E-state index < -0.39 is 0 Å². The van der Waals surface area contributed by atoms with Gasteiger partial charge in [0, 0.05) is 5.41 Å². The Balaban J connectivity index is 0. The summed E-state index contributed by atoms with van der Waals surface area (Å²) in [5.41, 5.74) is 5.92. The number of hydrogen-bond donors (Lipinski definition) is 1. The highest BCUT2D eigenvalue weighted by molar-refractivity contribution is 5.88. The molecule has 0 aliphatic heterocycles. The molecule has 0 fully saturated rings. The second-order valence-corrected chi connectivity index (χ2v) is 7.56. The number of carbonyl (C=O) groups excluding carboxylic acids is 1. The van der Waals surface area contributed by atoms with E-state index in [0.29, 0.717) is 0 Å². The van der Waals surface area contributed by atoms with E-state index in [0.717, 1.165) is 6.42 Å². The van der Waals surface area contributed by atoms with Crippen molar-refractivity contribution in [3.05, 3.63) is 0 Å². The van der Waals surface area contributed by atoms with Crippen molar-refractivity contribution >= 4 is 5.78 Å². The Kier molecular flexibility index (Phi) is 7.43. The average Bonchev–Trinajstić information content (AvgIpc) is 2.15. The topological polar surface area (TPSA) is 43.1 Å². The molecule has 0 amide bonds. The molecule has 0 bridgehead atoms. The first-order valence-electron chi connectivity index (χ1n) is 7.09. The van der Waals surface area contributed by atoms with E-state index in [4.69, 9.17) is 5.73 Å². The summed E-state index contributed by atoms with van der Waals surface area (Å²) in [4.78, 5) is 12.0. The molecule has 1 unspecified atom stereocenters. The molecule has 0 saturated carbocycles. The average molecular weight is 257 g/mol. The molecule has 18 heavy (non-hydrogen) atoms. The van der Waals surface area contributed by atoms with Gasteiger partial charge in [0.05, 0.1) is 6.04 Å². The minimum atomic E-state index is -0.353. The minimum absolute atomic E-state index is 0.0628. The Morgan fingerprint density at radius 1 is 0.944 bits per heavy atom. The third-order valence-corrected chi connectivity index (χ3v) is 3.84. The first kappa shape index (κ1) is 20.0. The van der Waals surface area contributed by atoms with Gasteiger partial charge in [-0.1, -0.05) is 69.2 Å². The van der Waals surface area contributed by atoms with Crippen molar-refractivity contribution in [1.82, 2.24) is 0 Å². The van der Waals surface area contributed by atoms with Crippen LogP contribution in [0, 0.1) is 16.2 Å². The minimum Gasteiger partial charge on any atom is -0.321 e. The standard InChI is InChI=1S/C14H29NO.C2H6/c1-12(2,3)11(16)10(15)9-14(7,8)13(4,5)6;1-2/h10H,9,15H2,1-8H3;1-2H3. The highest BCUT2D eigenvalue weighted by Crippen LogP contribution is 2.41. The SMILES string of the molecule is CC.CC(C)(C)C(=O)C(N)CC(C)(C)C(C)(C)C. The van der Waals surface area contributed by atoms with E-state index in [2.05, 4.69) is 34.6 Å². The number of nitrogens with two attached hydrogens (primary N) is 1. The molecule has 0 aromatic carbocycles. The fourth-order valence-corrected chi connectivity index (χ4v) is 1.50. The van der Waals surface area contributed by atoms with Crippen LogP contribution < -0.4 is 5.73 Å². The monoisotopic (exact) mass is 257 g/mol. The molecule has 110 valence electrons. The molecule has 0 aliphatic rings. The van der Waals surface area contributed by atoms with E-state index in [1.807, 2.05) is 34.6 Å². The van der Waals surface area contributed by atoms with Crippen molar-refractivity contribution in [1.29, 1.82) is 0 Å². The lowest BCUT2D eigenvalue weighted by atomic mass is 9.65. The van der Waals surface area contributed by atoms with Crippen LogP contribution in [-0.2, 0) is 4.79 Å². The lowest BCUT2D eigenvalue weighted by Gasteiger charge is -2.41. The van der Waals surface area contributed by atoms with Crippen LogP contribution in [0.5, 0.6) is 0 Å². The molecule has 0 heterocycles. The van der Waals surface area contributed by atoms with Crippen LogP contribution in [0.15, 0.2) is 0 Å². The fraction of sp³-hybridized carbons (Fsp3) is 0.938. The highest BCUT2D eigenvalue weighted by atomic mass is 16.1. The molecule has 0 radical (unpaired) electrons. The Labute approximate surface area is 115 Å². The van der Waals surface area contributed by atoms with Gasteiger partial charge in [-0.25, -0.2) is 0 Å². The van der Waals surface area contributed by atoms with Gasteiger partial charge in [0.2, 0.25) is 0 Å². The second-order valence-electron chi connectivity index (χ2n) is 7.56. The van der Waals surface area contributed by atoms with Gasteiger partial charge < -0.3 is 5.73 Å². The van der Waals surface area contributed by atoms with Gasteiger partial charge in [0.25, 0.3) is 0 Å². The molecule has 2 nitrogen and oxygen atoms in total. The van der Waals surface area contributed by atoms with Crippen LogP contribution in [0.25, 0.3) is 0 Å². The van der Waals surface area contributed by atoms with E-state index in [-0.39, 0.29) is 28.1 Å². The van der Waals surface area contributed by atoms with Crippen LogP contribution in [0.3, 0.4) is 0 Å². The van der Waals surface area contributed by atoms with Gasteiger partial charge >= 0.3 is 0 Å². The normalized spacial score (nSPS) is 14.6. The quantitative estimate of drug-likeness (QED) is 0.813. The maximum atomic E-state index is 12.0. The van der Waals surface area contributed by atoms with Crippen LogP contribution in [0.2, 0.25) is 0 Å². The van der Waals surface area contributed by atoms with Crippen molar-refractivity contribution in [3.8, 4) is 0 Å². The van der Waals surface area contributed by atoms with Gasteiger partial charge in [-0.05, 0) is 17.3 Å². The molecule has 2 N–H and O–H groups in total. The van der Waals surface area contributed by atoms with Crippen LogP contribution in [0.1, 0.15) is 75.7 Å². The third kappa shape index (κ3) is 5.99. The van der Waals surface area contributed by atoms with E-state index in [1.165, 1.54) is 0 Å². The number of carbonyl (C=O) groups is 1. The molecule has 0 spiro atoms. The predicted octanol–water partition coefficient (Wildman–Crippen LogP) is 4.42. The molecule has 1 atom stereocenters. The Hall–Kier alpha value is -0.370. The molecule has 0 aromatic rings. The molecular weight excluding hydrogens is 222 g/mol. The first-order chi connectivity index (χ1) is 7.79. The third-order valence-electron chi connectivity index (χ3n) is 3.84. The lowest BCUT2D eigenvalue weighted by Crippen LogP contribution is -2.44. The lowest BCUT2D eigenvalue weighted by molar-refractivity contribution is -0.128. The summed E-state index contributed by atoms with van der Waals surface area (Å²) in [6, 6.07) is -0.353. The van der Waals surface area contributed by atoms with Crippen LogP contribution >= 0.6 is 0 Å². The molecule has 0 rings (SSSR count). The Morgan fingerprint density at radius 3 is 1.50 bits per heavy atom. The largest absolute Gasteiger partial charge is 0.321 e. The molecule has 0 aromatic heterocycles. The molecular formula is C16H35NO. The smallest absolute Gasteiger partial charge is 0.154 e. The van der Waals surface area contributed by atoms with Gasteiger partial charge in [0.1, 0.15) is 0 Å². The van der Waals surface area contributed by atoms with Crippen LogP contribution in [0.4, 0.5) is 0 Å². The predicted molar refractivity (Wildman–Crippen MR) is 81.6 cm³/mol. The van der Waals surface area contributed by atoms with E-state index in [1.54, 1.807) is 0 Å². The summed E-state index contributed by atoms with van der Waals surface area (Å²) < 4.78 is 0. The second kappa shape index (κ2) is 6.70. The molecule has 0 aliphatic carbocycles. The summed E-state index contributed by atoms with van der Waals surface area (Å²) in [7, 11) is 0. The first-order valence-corrected chi connectivity index (χ1v) is 7.09. The van der Waals surface area contributed by atoms with E-state index in [9.17, 15) is 4.79 Å². The van der Waals surface area contributed by atoms with E-state index >= 15 is 0 Å². The van der Waals surface area contributed by atoms with Gasteiger partial charge in [-0.2, -0.15) is 0 Å². The zero-order valence-corrected chi connectivity index (χ0v) is 14.3. The van der Waals surface area contributed by atoms with Gasteiger partial charge in [-0.3, -0.25) is 4.79 Å². The van der Waals surface area contributed by atoms with Crippen molar-refractivity contribution in [3.63, 3.8) is 0 Å². The summed E-state index contributed by atoms with van der Waals surface area (Å²) in [6.07, 6.45) is 0.743. The number of rotatable bonds is 3. The van der Waals surface area contributed by atoms with Crippen molar-refractivity contribution in [2.24, 2.45) is 22.0 Å². The Morgan fingerprint density at radius 2 is 1.28 bits per heavy atom. The zero-order chi connectivity index (χ0) is 15.4. The number of hydrogen-bond acceptors (Lipinski definition) is 2. The number of Topliss-reactive ketones (excluding diaryl/α,β-unsaturated/α-hetero) is 1. The van der Waals surface area contributed by atoms with Crippen molar-refractivity contribution in [2.45, 2.75) is 81.7 Å². The maximum absolute atomic E-state index is 12.0. The molecule has 2 heteroatoms. The summed E-state index contributed by atoms with van der Waals surface area (Å²) in [5, 5.41) is 0. The highest BCUT2D eigenvalue weighted by Gasteiger charge is 2.37. The number of ketones is 1.